The van der Waals surface area contributed by atoms with Gasteiger partial charge in [0, 0.05) is 24.0 Å². The van der Waals surface area contributed by atoms with Crippen molar-refractivity contribution >= 4 is 0 Å². The van der Waals surface area contributed by atoms with Crippen LogP contribution in [0.5, 0.6) is 5.75 Å². The number of nitrogens with zero attached hydrogens (tertiary/aromatic N) is 1. The largest absolute Gasteiger partial charge is 0.497 e. The van der Waals surface area contributed by atoms with E-state index >= 15 is 0 Å². The standard InChI is InChI=1S/C16H19NO2/c1-19-13-7-5-12(6-8-13)11-17-10-9-14-15(17)3-2-4-16(14)18/h5-10,16,18H,2-4,11H2,1H3. The van der Waals surface area contributed by atoms with E-state index in [9.17, 15) is 5.11 Å². The Kier molecular flexibility index (Phi) is 3.30. The third-order valence-corrected chi connectivity index (χ3v) is 3.88. The second-order valence-corrected chi connectivity index (χ2v) is 5.10. The summed E-state index contributed by atoms with van der Waals surface area (Å²) in [5.74, 6) is 0.883. The molecule has 1 unspecified atom stereocenters. The lowest BCUT2D eigenvalue weighted by molar-refractivity contribution is 0.156. The molecule has 19 heavy (non-hydrogen) atoms. The van der Waals surface area contributed by atoms with Gasteiger partial charge in [-0.3, -0.25) is 0 Å². The van der Waals surface area contributed by atoms with Crippen LogP contribution in [0.1, 0.15) is 35.8 Å². The van der Waals surface area contributed by atoms with Gasteiger partial charge in [0.1, 0.15) is 5.75 Å². The summed E-state index contributed by atoms with van der Waals surface area (Å²) in [7, 11) is 1.68. The van der Waals surface area contributed by atoms with Crippen molar-refractivity contribution in [3.05, 3.63) is 53.3 Å². The van der Waals surface area contributed by atoms with Crippen molar-refractivity contribution in [2.45, 2.75) is 31.9 Å². The quantitative estimate of drug-likeness (QED) is 0.917. The molecule has 3 rings (SSSR count). The third-order valence-electron chi connectivity index (χ3n) is 3.88. The lowest BCUT2D eigenvalue weighted by Crippen LogP contribution is -2.12. The van der Waals surface area contributed by atoms with Crippen molar-refractivity contribution < 1.29 is 9.84 Å². The first-order chi connectivity index (χ1) is 9.28. The molecule has 2 aromatic rings. The Bertz CT molecular complexity index is 557. The molecule has 0 spiro atoms. The third kappa shape index (κ3) is 2.38. The fourth-order valence-corrected chi connectivity index (χ4v) is 2.81. The topological polar surface area (TPSA) is 34.4 Å². The molecule has 1 aliphatic rings. The van der Waals surface area contributed by atoms with Crippen LogP contribution in [-0.2, 0) is 13.0 Å². The fraction of sp³-hybridized carbons (Fsp3) is 0.375. The molecule has 0 fully saturated rings. The maximum Gasteiger partial charge on any atom is 0.118 e. The lowest BCUT2D eigenvalue weighted by Gasteiger charge is -2.20. The number of hydrogen-bond acceptors (Lipinski definition) is 2. The second kappa shape index (κ2) is 5.10. The van der Waals surface area contributed by atoms with Crippen molar-refractivity contribution in [2.75, 3.05) is 7.11 Å². The number of rotatable bonds is 3. The van der Waals surface area contributed by atoms with Gasteiger partial charge < -0.3 is 14.4 Å². The number of methoxy groups -OCH3 is 1. The van der Waals surface area contributed by atoms with Gasteiger partial charge in [-0.2, -0.15) is 0 Å². The van der Waals surface area contributed by atoms with E-state index in [4.69, 9.17) is 4.74 Å². The highest BCUT2D eigenvalue weighted by Crippen LogP contribution is 2.30. The normalized spacial score (nSPS) is 18.1. The summed E-state index contributed by atoms with van der Waals surface area (Å²) in [5, 5.41) is 9.98. The van der Waals surface area contributed by atoms with Crippen molar-refractivity contribution in [1.82, 2.24) is 4.57 Å². The molecule has 0 bridgehead atoms. The van der Waals surface area contributed by atoms with Crippen LogP contribution in [0.3, 0.4) is 0 Å². The molecular weight excluding hydrogens is 238 g/mol. The minimum absolute atomic E-state index is 0.277. The zero-order chi connectivity index (χ0) is 13.2. The first-order valence-corrected chi connectivity index (χ1v) is 6.77. The molecule has 1 aliphatic carbocycles. The van der Waals surface area contributed by atoms with Crippen molar-refractivity contribution in [1.29, 1.82) is 0 Å². The number of hydrogen-bond donors (Lipinski definition) is 1. The van der Waals surface area contributed by atoms with Gasteiger partial charge in [-0.15, -0.1) is 0 Å². The van der Waals surface area contributed by atoms with Gasteiger partial charge in [-0.1, -0.05) is 12.1 Å². The van der Waals surface area contributed by atoms with Crippen LogP contribution in [-0.4, -0.2) is 16.8 Å². The number of benzene rings is 1. The van der Waals surface area contributed by atoms with Crippen LogP contribution in [0.2, 0.25) is 0 Å². The number of aliphatic hydroxyl groups is 1. The fourth-order valence-electron chi connectivity index (χ4n) is 2.81. The van der Waals surface area contributed by atoms with Crippen LogP contribution in [0.15, 0.2) is 36.5 Å². The van der Waals surface area contributed by atoms with Gasteiger partial charge in [0.15, 0.2) is 0 Å². The van der Waals surface area contributed by atoms with Crippen molar-refractivity contribution in [3.63, 3.8) is 0 Å². The van der Waals surface area contributed by atoms with Crippen LogP contribution in [0.4, 0.5) is 0 Å². The summed E-state index contributed by atoms with van der Waals surface area (Å²) in [5.41, 5.74) is 3.65. The second-order valence-electron chi connectivity index (χ2n) is 5.10. The van der Waals surface area contributed by atoms with Crippen LogP contribution in [0, 0.1) is 0 Å². The number of fused-ring (bicyclic) bond motifs is 1. The van der Waals surface area contributed by atoms with E-state index < -0.39 is 0 Å². The summed E-state index contributed by atoms with van der Waals surface area (Å²) in [6.45, 7) is 0.853. The highest BCUT2D eigenvalue weighted by atomic mass is 16.5. The average molecular weight is 257 g/mol. The van der Waals surface area contributed by atoms with E-state index in [0.717, 1.165) is 37.1 Å². The SMILES string of the molecule is COc1ccc(Cn2ccc3c2CCCC3O)cc1. The molecule has 0 amide bonds. The smallest absolute Gasteiger partial charge is 0.118 e. The van der Waals surface area contributed by atoms with Crippen molar-refractivity contribution in [2.24, 2.45) is 0 Å². The van der Waals surface area contributed by atoms with Crippen LogP contribution in [0.25, 0.3) is 0 Å². The van der Waals surface area contributed by atoms with Gasteiger partial charge >= 0.3 is 0 Å². The van der Waals surface area contributed by atoms with Gasteiger partial charge in [-0.25, -0.2) is 0 Å². The molecular formula is C16H19NO2. The van der Waals surface area contributed by atoms with Crippen molar-refractivity contribution in [3.8, 4) is 5.75 Å². The first-order valence-electron chi connectivity index (χ1n) is 6.77. The molecule has 1 heterocycles. The van der Waals surface area contributed by atoms with E-state index in [1.165, 1.54) is 11.3 Å². The molecule has 1 aromatic carbocycles. The zero-order valence-corrected chi connectivity index (χ0v) is 11.2. The van der Waals surface area contributed by atoms with E-state index in [-0.39, 0.29) is 6.10 Å². The predicted octanol–water partition coefficient (Wildman–Crippen LogP) is 2.91. The van der Waals surface area contributed by atoms with Gasteiger partial charge in [0.05, 0.1) is 13.2 Å². The summed E-state index contributed by atoms with van der Waals surface area (Å²) >= 11 is 0. The lowest BCUT2D eigenvalue weighted by atomic mass is 9.95. The Morgan fingerprint density at radius 2 is 2.05 bits per heavy atom. The maximum atomic E-state index is 9.98. The van der Waals surface area contributed by atoms with Crippen LogP contribution < -0.4 is 4.74 Å². The average Bonchev–Trinajstić information content (AvgIpc) is 2.84. The number of aliphatic hydroxyl groups excluding tert-OH is 1. The Morgan fingerprint density at radius 3 is 2.79 bits per heavy atom. The van der Waals surface area contributed by atoms with Gasteiger partial charge in [0.2, 0.25) is 0 Å². The predicted molar refractivity (Wildman–Crippen MR) is 74.4 cm³/mol. The van der Waals surface area contributed by atoms with E-state index in [1.807, 2.05) is 12.1 Å². The Morgan fingerprint density at radius 1 is 1.26 bits per heavy atom. The van der Waals surface area contributed by atoms with E-state index in [1.54, 1.807) is 7.11 Å². The molecule has 0 radical (unpaired) electrons. The summed E-state index contributed by atoms with van der Waals surface area (Å²) < 4.78 is 7.42. The molecule has 1 N–H and O–H groups in total. The van der Waals surface area contributed by atoms with Gasteiger partial charge in [-0.05, 0) is 43.0 Å². The molecule has 100 valence electrons. The summed E-state index contributed by atoms with van der Waals surface area (Å²) in [4.78, 5) is 0. The zero-order valence-electron chi connectivity index (χ0n) is 11.2. The summed E-state index contributed by atoms with van der Waals surface area (Å²) in [6.07, 6.45) is 4.83. The number of aromatic nitrogens is 1. The summed E-state index contributed by atoms with van der Waals surface area (Å²) in [6, 6.07) is 10.2. The molecule has 3 heteroatoms. The molecule has 3 nitrogen and oxygen atoms in total. The number of ether oxygens (including phenoxy) is 1. The molecule has 1 aromatic heterocycles. The molecule has 0 aliphatic heterocycles. The minimum atomic E-state index is -0.277. The maximum absolute atomic E-state index is 9.98. The highest BCUT2D eigenvalue weighted by Gasteiger charge is 2.20. The molecule has 0 saturated carbocycles. The molecule has 0 saturated heterocycles. The highest BCUT2D eigenvalue weighted by molar-refractivity contribution is 5.31. The van der Waals surface area contributed by atoms with E-state index in [0.29, 0.717) is 0 Å². The van der Waals surface area contributed by atoms with E-state index in [2.05, 4.69) is 29.0 Å². The Balaban J connectivity index is 1.83. The Labute approximate surface area is 113 Å². The Hall–Kier alpha value is -1.74. The monoisotopic (exact) mass is 257 g/mol. The first kappa shape index (κ1) is 12.3. The minimum Gasteiger partial charge on any atom is -0.497 e. The van der Waals surface area contributed by atoms with Gasteiger partial charge in [0.25, 0.3) is 0 Å². The van der Waals surface area contributed by atoms with Crippen LogP contribution >= 0.6 is 0 Å². The molecule has 1 atom stereocenters.